The Balaban J connectivity index is 2.66. The van der Waals surface area contributed by atoms with E-state index in [-0.39, 0.29) is 5.56 Å². The Labute approximate surface area is 99.1 Å². The zero-order valence-electron chi connectivity index (χ0n) is 9.51. The maximum atomic E-state index is 10.8. The van der Waals surface area contributed by atoms with Crippen LogP contribution in [0.15, 0.2) is 24.3 Å². The molecule has 0 heterocycles. The van der Waals surface area contributed by atoms with Gasteiger partial charge in [0, 0.05) is 0 Å². The molecular formula is C12H15NO4. The summed E-state index contributed by atoms with van der Waals surface area (Å²) in [6, 6.07) is 5.92. The van der Waals surface area contributed by atoms with E-state index in [1.165, 1.54) is 6.07 Å². The van der Waals surface area contributed by atoms with Crippen LogP contribution in [0.2, 0.25) is 0 Å². The van der Waals surface area contributed by atoms with Crippen molar-refractivity contribution >= 4 is 11.9 Å². The summed E-state index contributed by atoms with van der Waals surface area (Å²) in [6.07, 6.45) is 0.952. The third-order valence-corrected chi connectivity index (χ3v) is 2.54. The SMILES string of the molecule is CN[C@@H](CCc1cccc(C(=O)O)c1)C(=O)O. The highest BCUT2D eigenvalue weighted by atomic mass is 16.4. The Hall–Kier alpha value is -1.88. The molecule has 0 spiro atoms. The van der Waals surface area contributed by atoms with E-state index in [1.807, 2.05) is 0 Å². The summed E-state index contributed by atoms with van der Waals surface area (Å²) in [6.45, 7) is 0. The minimum absolute atomic E-state index is 0.221. The number of hydrogen-bond donors (Lipinski definition) is 3. The number of carboxylic acid groups (broad SMARTS) is 2. The lowest BCUT2D eigenvalue weighted by molar-refractivity contribution is -0.139. The molecule has 0 aliphatic heterocycles. The Kier molecular flexibility index (Phi) is 4.66. The Morgan fingerprint density at radius 2 is 2.06 bits per heavy atom. The minimum atomic E-state index is -0.977. The number of aromatic carboxylic acids is 1. The van der Waals surface area contributed by atoms with E-state index in [9.17, 15) is 9.59 Å². The summed E-state index contributed by atoms with van der Waals surface area (Å²) < 4.78 is 0. The average Bonchev–Trinajstić information content (AvgIpc) is 2.29. The van der Waals surface area contributed by atoms with Crippen molar-refractivity contribution in [3.8, 4) is 0 Å². The monoisotopic (exact) mass is 237 g/mol. The number of hydrogen-bond acceptors (Lipinski definition) is 3. The molecule has 1 aromatic carbocycles. The van der Waals surface area contributed by atoms with Crippen LogP contribution in [0.25, 0.3) is 0 Å². The summed E-state index contributed by atoms with van der Waals surface area (Å²) in [5, 5.41) is 20.3. The van der Waals surface area contributed by atoms with Gasteiger partial charge in [0.05, 0.1) is 5.56 Å². The fourth-order valence-electron chi connectivity index (χ4n) is 1.56. The highest BCUT2D eigenvalue weighted by Gasteiger charge is 2.14. The van der Waals surface area contributed by atoms with Crippen LogP contribution < -0.4 is 5.32 Å². The highest BCUT2D eigenvalue weighted by molar-refractivity contribution is 5.87. The van der Waals surface area contributed by atoms with Crippen LogP contribution >= 0.6 is 0 Å². The number of aryl methyl sites for hydroxylation is 1. The molecule has 5 heteroatoms. The van der Waals surface area contributed by atoms with Gasteiger partial charge in [-0.15, -0.1) is 0 Å². The first-order chi connectivity index (χ1) is 8.04. The fourth-order valence-corrected chi connectivity index (χ4v) is 1.56. The molecule has 0 radical (unpaired) electrons. The van der Waals surface area contributed by atoms with Gasteiger partial charge in [0.1, 0.15) is 6.04 Å². The molecular weight excluding hydrogens is 222 g/mol. The summed E-state index contributed by atoms with van der Waals surface area (Å²) in [5.74, 6) is -1.88. The highest BCUT2D eigenvalue weighted by Crippen LogP contribution is 2.09. The second-order valence-electron chi connectivity index (χ2n) is 3.72. The van der Waals surface area contributed by atoms with Crippen molar-refractivity contribution in [2.75, 3.05) is 7.05 Å². The quantitative estimate of drug-likeness (QED) is 0.686. The first kappa shape index (κ1) is 13.2. The lowest BCUT2D eigenvalue weighted by Crippen LogP contribution is -2.34. The van der Waals surface area contributed by atoms with Gasteiger partial charge in [-0.3, -0.25) is 4.79 Å². The number of nitrogens with one attached hydrogen (secondary N) is 1. The topological polar surface area (TPSA) is 86.6 Å². The van der Waals surface area contributed by atoms with Crippen molar-refractivity contribution in [1.82, 2.24) is 5.32 Å². The molecule has 17 heavy (non-hydrogen) atoms. The van der Waals surface area contributed by atoms with Gasteiger partial charge >= 0.3 is 11.9 Å². The first-order valence-electron chi connectivity index (χ1n) is 5.27. The maximum absolute atomic E-state index is 10.8. The van der Waals surface area contributed by atoms with Gasteiger partial charge in [0.25, 0.3) is 0 Å². The van der Waals surface area contributed by atoms with Crippen LogP contribution in [0.5, 0.6) is 0 Å². The van der Waals surface area contributed by atoms with E-state index >= 15 is 0 Å². The molecule has 0 fully saturated rings. The van der Waals surface area contributed by atoms with Crippen LogP contribution in [-0.4, -0.2) is 35.2 Å². The normalized spacial score (nSPS) is 12.1. The van der Waals surface area contributed by atoms with Gasteiger partial charge in [0.15, 0.2) is 0 Å². The van der Waals surface area contributed by atoms with Crippen molar-refractivity contribution in [1.29, 1.82) is 0 Å². The molecule has 1 atom stereocenters. The van der Waals surface area contributed by atoms with Crippen LogP contribution in [0.3, 0.4) is 0 Å². The van der Waals surface area contributed by atoms with Crippen molar-refractivity contribution in [2.24, 2.45) is 0 Å². The number of aliphatic carboxylic acids is 1. The van der Waals surface area contributed by atoms with Crippen molar-refractivity contribution in [3.05, 3.63) is 35.4 Å². The van der Waals surface area contributed by atoms with Crippen LogP contribution in [0.1, 0.15) is 22.3 Å². The largest absolute Gasteiger partial charge is 0.480 e. The minimum Gasteiger partial charge on any atom is -0.480 e. The van der Waals surface area contributed by atoms with Gasteiger partial charge in [-0.2, -0.15) is 0 Å². The molecule has 1 aromatic rings. The predicted octanol–water partition coefficient (Wildman–Crippen LogP) is 0.990. The number of likely N-dealkylation sites (N-methyl/N-ethyl adjacent to an activating group) is 1. The second-order valence-corrected chi connectivity index (χ2v) is 3.72. The summed E-state index contributed by atoms with van der Waals surface area (Å²) in [4.78, 5) is 21.5. The number of rotatable bonds is 6. The number of benzene rings is 1. The van der Waals surface area contributed by atoms with Crippen LogP contribution in [0.4, 0.5) is 0 Å². The molecule has 0 amide bonds. The standard InChI is InChI=1S/C12H15NO4/c1-13-10(12(16)17)6-5-8-3-2-4-9(7-8)11(14)15/h2-4,7,10,13H,5-6H2,1H3,(H,14,15)(H,16,17)/t10-/m0/s1. The van der Waals surface area contributed by atoms with Gasteiger partial charge in [-0.05, 0) is 37.6 Å². The van der Waals surface area contributed by atoms with Crippen molar-refractivity contribution in [2.45, 2.75) is 18.9 Å². The Bertz CT molecular complexity index is 417. The van der Waals surface area contributed by atoms with Crippen molar-refractivity contribution < 1.29 is 19.8 Å². The number of carbonyl (C=O) groups is 2. The van der Waals surface area contributed by atoms with E-state index in [4.69, 9.17) is 10.2 Å². The third-order valence-electron chi connectivity index (χ3n) is 2.54. The summed E-state index contributed by atoms with van der Waals surface area (Å²) in [7, 11) is 1.59. The lowest BCUT2D eigenvalue weighted by Gasteiger charge is -2.10. The molecule has 0 aromatic heterocycles. The van der Waals surface area contributed by atoms with Gasteiger partial charge in [-0.25, -0.2) is 4.79 Å². The van der Waals surface area contributed by atoms with E-state index in [2.05, 4.69) is 5.32 Å². The van der Waals surface area contributed by atoms with E-state index in [0.29, 0.717) is 12.8 Å². The first-order valence-corrected chi connectivity index (χ1v) is 5.27. The molecule has 1 rings (SSSR count). The predicted molar refractivity (Wildman–Crippen MR) is 62.2 cm³/mol. The molecule has 92 valence electrons. The average molecular weight is 237 g/mol. The molecule has 5 nitrogen and oxygen atoms in total. The molecule has 0 unspecified atom stereocenters. The molecule has 0 bridgehead atoms. The molecule has 0 aliphatic carbocycles. The third kappa shape index (κ3) is 3.88. The smallest absolute Gasteiger partial charge is 0.335 e. The van der Waals surface area contributed by atoms with E-state index < -0.39 is 18.0 Å². The fraction of sp³-hybridized carbons (Fsp3) is 0.333. The Morgan fingerprint density at radius 3 is 2.59 bits per heavy atom. The van der Waals surface area contributed by atoms with Gasteiger partial charge in [-0.1, -0.05) is 12.1 Å². The molecule has 0 aliphatic rings. The molecule has 0 saturated heterocycles. The number of carboxylic acids is 2. The van der Waals surface area contributed by atoms with Gasteiger partial charge < -0.3 is 15.5 Å². The van der Waals surface area contributed by atoms with Crippen molar-refractivity contribution in [3.63, 3.8) is 0 Å². The van der Waals surface area contributed by atoms with Crippen LogP contribution in [0, 0.1) is 0 Å². The van der Waals surface area contributed by atoms with E-state index in [1.54, 1.807) is 25.2 Å². The van der Waals surface area contributed by atoms with Crippen LogP contribution in [-0.2, 0) is 11.2 Å². The molecule has 0 saturated carbocycles. The summed E-state index contributed by atoms with van der Waals surface area (Å²) >= 11 is 0. The zero-order valence-corrected chi connectivity index (χ0v) is 9.51. The second kappa shape index (κ2) is 6.00. The zero-order chi connectivity index (χ0) is 12.8. The summed E-state index contributed by atoms with van der Waals surface area (Å²) in [5.41, 5.74) is 1.05. The Morgan fingerprint density at radius 1 is 1.35 bits per heavy atom. The van der Waals surface area contributed by atoms with E-state index in [0.717, 1.165) is 5.56 Å². The maximum Gasteiger partial charge on any atom is 0.335 e. The molecule has 3 N–H and O–H groups in total. The van der Waals surface area contributed by atoms with Gasteiger partial charge in [0.2, 0.25) is 0 Å². The lowest BCUT2D eigenvalue weighted by atomic mass is 10.0.